The molecule has 1 aliphatic carbocycles. The van der Waals surface area contributed by atoms with Crippen molar-refractivity contribution in [2.75, 3.05) is 6.61 Å². The van der Waals surface area contributed by atoms with Gasteiger partial charge in [-0.15, -0.1) is 0 Å². The Morgan fingerprint density at radius 1 is 1.10 bits per heavy atom. The Hall–Kier alpha value is 0.457. The number of rotatable bonds is 6. The van der Waals surface area contributed by atoms with Gasteiger partial charge in [0, 0.05) is 11.1 Å². The highest BCUT2D eigenvalue weighted by atomic mass is 79.9. The average molecular weight is 396 g/mol. The fourth-order valence-corrected chi connectivity index (χ4v) is 4.45. The minimum atomic E-state index is -1.44. The molecule has 112 valence electrons. The molecule has 1 saturated carbocycles. The maximum Gasteiger partial charge on any atom is 0.237 e. The number of halogens is 3. The second-order valence-electron chi connectivity index (χ2n) is 5.43. The van der Waals surface area contributed by atoms with Crippen LogP contribution in [0.4, 0.5) is 0 Å². The third-order valence-corrected chi connectivity index (χ3v) is 6.62. The lowest BCUT2D eigenvalue weighted by atomic mass is 9.83. The summed E-state index contributed by atoms with van der Waals surface area (Å²) in [5.74, 6) is 0.699. The largest absolute Gasteiger partial charge is 0.378 e. The standard InChI is InChI=1S/C15H21BrCl2OSi/c16-14-6-2-12(3-7-14)13-4-8-15(9-5-13)19-10-1-11-20(17)18/h2-3,6-7,13,15,20H,1,4-5,8-11H2. The zero-order chi connectivity index (χ0) is 14.4. The van der Waals surface area contributed by atoms with Gasteiger partial charge >= 0.3 is 0 Å². The van der Waals surface area contributed by atoms with Crippen LogP contribution in [0.3, 0.4) is 0 Å². The van der Waals surface area contributed by atoms with E-state index >= 15 is 0 Å². The zero-order valence-corrected chi connectivity index (χ0v) is 15.8. The minimum Gasteiger partial charge on any atom is -0.378 e. The Morgan fingerprint density at radius 3 is 2.35 bits per heavy atom. The van der Waals surface area contributed by atoms with Crippen LogP contribution in [0.15, 0.2) is 28.7 Å². The number of hydrogen-bond donors (Lipinski definition) is 0. The molecule has 1 aliphatic rings. The maximum absolute atomic E-state index is 5.93. The molecule has 0 N–H and O–H groups in total. The van der Waals surface area contributed by atoms with E-state index in [2.05, 4.69) is 40.2 Å². The molecule has 0 atom stereocenters. The lowest BCUT2D eigenvalue weighted by molar-refractivity contribution is 0.0251. The van der Waals surface area contributed by atoms with Crippen molar-refractivity contribution in [3.8, 4) is 0 Å². The van der Waals surface area contributed by atoms with Gasteiger partial charge in [0.1, 0.15) is 0 Å². The van der Waals surface area contributed by atoms with Crippen molar-refractivity contribution in [2.24, 2.45) is 0 Å². The first-order valence-corrected chi connectivity index (χ1v) is 12.4. The summed E-state index contributed by atoms with van der Waals surface area (Å²) in [5, 5.41) is 0. The van der Waals surface area contributed by atoms with Crippen LogP contribution in [0.1, 0.15) is 43.6 Å². The van der Waals surface area contributed by atoms with Gasteiger partial charge in [0.2, 0.25) is 7.42 Å². The molecule has 0 aliphatic heterocycles. The Morgan fingerprint density at radius 2 is 1.75 bits per heavy atom. The molecule has 0 unspecified atom stereocenters. The van der Waals surface area contributed by atoms with Gasteiger partial charge in [-0.3, -0.25) is 0 Å². The molecule has 0 aromatic heterocycles. The molecule has 0 radical (unpaired) electrons. The molecule has 5 heteroatoms. The normalized spacial score (nSPS) is 23.2. The molecule has 1 fully saturated rings. The first-order chi connectivity index (χ1) is 9.65. The van der Waals surface area contributed by atoms with Gasteiger partial charge in [-0.1, -0.05) is 28.1 Å². The van der Waals surface area contributed by atoms with Crippen molar-refractivity contribution in [1.29, 1.82) is 0 Å². The van der Waals surface area contributed by atoms with Gasteiger partial charge in [-0.25, -0.2) is 0 Å². The van der Waals surface area contributed by atoms with E-state index in [-0.39, 0.29) is 0 Å². The third kappa shape index (κ3) is 5.68. The molecule has 20 heavy (non-hydrogen) atoms. The van der Waals surface area contributed by atoms with Crippen molar-refractivity contribution in [2.45, 2.75) is 50.2 Å². The molecule has 0 spiro atoms. The van der Waals surface area contributed by atoms with E-state index in [4.69, 9.17) is 26.9 Å². The number of ether oxygens (including phenoxy) is 1. The molecule has 0 saturated heterocycles. The Bertz CT molecular complexity index is 391. The molecule has 0 bridgehead atoms. The summed E-state index contributed by atoms with van der Waals surface area (Å²) in [6.45, 7) is 0.816. The lowest BCUT2D eigenvalue weighted by Crippen LogP contribution is -2.21. The Kier molecular flexibility index (Phi) is 7.39. The van der Waals surface area contributed by atoms with E-state index < -0.39 is 7.42 Å². The molecule has 1 nitrogen and oxygen atoms in total. The van der Waals surface area contributed by atoms with Gasteiger partial charge in [0.15, 0.2) is 0 Å². The summed E-state index contributed by atoms with van der Waals surface area (Å²) in [4.78, 5) is 0. The van der Waals surface area contributed by atoms with Crippen LogP contribution < -0.4 is 0 Å². The first-order valence-electron chi connectivity index (χ1n) is 7.30. The molecule has 0 amide bonds. The van der Waals surface area contributed by atoms with Crippen LogP contribution in [0.25, 0.3) is 0 Å². The summed E-state index contributed by atoms with van der Waals surface area (Å²) in [6, 6.07) is 9.70. The summed E-state index contributed by atoms with van der Waals surface area (Å²) in [5.41, 5.74) is 1.46. The van der Waals surface area contributed by atoms with Gasteiger partial charge in [0.05, 0.1) is 6.10 Å². The van der Waals surface area contributed by atoms with Gasteiger partial charge < -0.3 is 4.74 Å². The zero-order valence-electron chi connectivity index (χ0n) is 11.5. The summed E-state index contributed by atoms with van der Waals surface area (Å²) >= 11 is 15.2. The quantitative estimate of drug-likeness (QED) is 0.347. The highest BCUT2D eigenvalue weighted by molar-refractivity contribution is 9.10. The molecule has 1 aromatic rings. The van der Waals surface area contributed by atoms with Crippen LogP contribution in [0, 0.1) is 0 Å². The summed E-state index contributed by atoms with van der Waals surface area (Å²) in [7, 11) is -1.44. The lowest BCUT2D eigenvalue weighted by Gasteiger charge is -2.29. The first kappa shape index (κ1) is 16.8. The van der Waals surface area contributed by atoms with Crippen molar-refractivity contribution in [1.82, 2.24) is 0 Å². The van der Waals surface area contributed by atoms with E-state index in [1.165, 1.54) is 31.2 Å². The predicted octanol–water partition coefficient (Wildman–Crippen LogP) is 5.58. The van der Waals surface area contributed by atoms with E-state index in [0.717, 1.165) is 23.5 Å². The number of benzene rings is 1. The predicted molar refractivity (Wildman–Crippen MR) is 93.4 cm³/mol. The van der Waals surface area contributed by atoms with E-state index in [0.29, 0.717) is 12.0 Å². The van der Waals surface area contributed by atoms with Crippen LogP contribution in [-0.4, -0.2) is 20.1 Å². The molecule has 1 aromatic carbocycles. The second kappa shape index (κ2) is 8.79. The molecule has 0 heterocycles. The molecular formula is C15H21BrCl2OSi. The minimum absolute atomic E-state index is 0.437. The summed E-state index contributed by atoms with van der Waals surface area (Å²) in [6.07, 6.45) is 6.25. The Labute approximate surface area is 141 Å². The smallest absolute Gasteiger partial charge is 0.237 e. The van der Waals surface area contributed by atoms with E-state index in [9.17, 15) is 0 Å². The van der Waals surface area contributed by atoms with Crippen molar-refractivity contribution in [3.05, 3.63) is 34.3 Å². The third-order valence-electron chi connectivity index (χ3n) is 3.94. The van der Waals surface area contributed by atoms with Gasteiger partial charge in [-0.2, -0.15) is 22.2 Å². The van der Waals surface area contributed by atoms with Crippen LogP contribution in [0.2, 0.25) is 6.04 Å². The highest BCUT2D eigenvalue weighted by Gasteiger charge is 2.22. The SMILES string of the molecule is Cl[SiH](Cl)CCCOC1CCC(c2ccc(Br)cc2)CC1. The fourth-order valence-electron chi connectivity index (χ4n) is 2.79. The van der Waals surface area contributed by atoms with E-state index in [1.807, 2.05) is 0 Å². The highest BCUT2D eigenvalue weighted by Crippen LogP contribution is 2.34. The molecular weight excluding hydrogens is 375 g/mol. The van der Waals surface area contributed by atoms with Crippen LogP contribution in [-0.2, 0) is 4.74 Å². The van der Waals surface area contributed by atoms with Crippen LogP contribution >= 0.6 is 38.1 Å². The van der Waals surface area contributed by atoms with Gasteiger partial charge in [0.25, 0.3) is 0 Å². The number of hydrogen-bond acceptors (Lipinski definition) is 1. The van der Waals surface area contributed by atoms with E-state index in [1.54, 1.807) is 0 Å². The average Bonchev–Trinajstić information content (AvgIpc) is 2.45. The second-order valence-corrected chi connectivity index (χ2v) is 11.5. The topological polar surface area (TPSA) is 9.23 Å². The molecule has 2 rings (SSSR count). The Balaban J connectivity index is 1.68. The van der Waals surface area contributed by atoms with Crippen molar-refractivity contribution >= 4 is 45.5 Å². The maximum atomic E-state index is 5.93. The monoisotopic (exact) mass is 394 g/mol. The van der Waals surface area contributed by atoms with Crippen molar-refractivity contribution in [3.63, 3.8) is 0 Å². The fraction of sp³-hybridized carbons (Fsp3) is 0.600. The van der Waals surface area contributed by atoms with Crippen LogP contribution in [0.5, 0.6) is 0 Å². The van der Waals surface area contributed by atoms with Crippen molar-refractivity contribution < 1.29 is 4.74 Å². The summed E-state index contributed by atoms with van der Waals surface area (Å²) < 4.78 is 7.09. The van der Waals surface area contributed by atoms with Gasteiger partial charge in [-0.05, 0) is 61.8 Å².